The standard InChI is InChI=1S/C13H22OSi2/c1-15(2)10-6-9-14-12-7-5-8-13(11-12)16(3)4/h5,7-8,11H,6,9-10H2,1-4H3. The van der Waals surface area contributed by atoms with Crippen LogP contribution in [0.4, 0.5) is 0 Å². The highest BCUT2D eigenvalue weighted by molar-refractivity contribution is 6.70. The Morgan fingerprint density at radius 1 is 1.12 bits per heavy atom. The highest BCUT2D eigenvalue weighted by Gasteiger charge is 2.02. The van der Waals surface area contributed by atoms with E-state index in [4.69, 9.17) is 4.74 Å². The summed E-state index contributed by atoms with van der Waals surface area (Å²) in [5, 5.41) is 1.46. The van der Waals surface area contributed by atoms with Gasteiger partial charge in [-0.25, -0.2) is 0 Å². The van der Waals surface area contributed by atoms with Crippen LogP contribution in [0, 0.1) is 0 Å². The lowest BCUT2D eigenvalue weighted by atomic mass is 10.3. The van der Waals surface area contributed by atoms with Gasteiger partial charge < -0.3 is 4.74 Å². The molecule has 0 fully saturated rings. The second-order valence-corrected chi connectivity index (χ2v) is 10.2. The molecule has 0 aliphatic carbocycles. The van der Waals surface area contributed by atoms with Gasteiger partial charge >= 0.3 is 0 Å². The molecular weight excluding hydrogens is 228 g/mol. The number of benzene rings is 1. The van der Waals surface area contributed by atoms with Gasteiger partial charge in [-0.3, -0.25) is 0 Å². The fourth-order valence-corrected chi connectivity index (χ4v) is 3.22. The SMILES string of the molecule is C[Si](C)CCCOc1cccc([Si](C)C)c1. The summed E-state index contributed by atoms with van der Waals surface area (Å²) in [5.74, 6) is 1.05. The Labute approximate surface area is 103 Å². The molecule has 1 aromatic rings. The molecule has 0 unspecified atom stereocenters. The molecule has 0 heterocycles. The van der Waals surface area contributed by atoms with Crippen LogP contribution in [0.15, 0.2) is 24.3 Å². The molecule has 0 saturated heterocycles. The zero-order valence-electron chi connectivity index (χ0n) is 10.8. The number of ether oxygens (including phenoxy) is 1. The first-order valence-corrected chi connectivity index (χ1v) is 11.1. The molecule has 0 aliphatic rings. The van der Waals surface area contributed by atoms with Crippen LogP contribution in [0.3, 0.4) is 0 Å². The molecule has 0 bridgehead atoms. The van der Waals surface area contributed by atoms with E-state index in [0.29, 0.717) is 0 Å². The first kappa shape index (κ1) is 13.5. The van der Waals surface area contributed by atoms with Crippen LogP contribution in [0.2, 0.25) is 32.2 Å². The minimum absolute atomic E-state index is 0.0848. The zero-order chi connectivity index (χ0) is 12.0. The summed E-state index contributed by atoms with van der Waals surface area (Å²) in [7, 11) is -0.437. The second kappa shape index (κ2) is 6.91. The predicted molar refractivity (Wildman–Crippen MR) is 76.0 cm³/mol. The van der Waals surface area contributed by atoms with Gasteiger partial charge in [0.2, 0.25) is 0 Å². The Balaban J connectivity index is 2.39. The number of hydrogen-bond acceptors (Lipinski definition) is 1. The van der Waals surface area contributed by atoms with Gasteiger partial charge in [0.25, 0.3) is 0 Å². The average Bonchev–Trinajstić information content (AvgIpc) is 2.24. The van der Waals surface area contributed by atoms with E-state index in [1.807, 2.05) is 0 Å². The largest absolute Gasteiger partial charge is 0.494 e. The summed E-state index contributed by atoms with van der Waals surface area (Å²) in [5.41, 5.74) is 0. The van der Waals surface area contributed by atoms with Gasteiger partial charge in [-0.15, -0.1) is 0 Å². The van der Waals surface area contributed by atoms with Crippen molar-refractivity contribution < 1.29 is 4.74 Å². The van der Waals surface area contributed by atoms with Crippen LogP contribution in [0.25, 0.3) is 0 Å². The van der Waals surface area contributed by atoms with Crippen molar-refractivity contribution >= 4 is 22.8 Å². The Bertz CT molecular complexity index is 311. The summed E-state index contributed by atoms with van der Waals surface area (Å²) in [4.78, 5) is 0. The fraction of sp³-hybridized carbons (Fsp3) is 0.538. The maximum absolute atomic E-state index is 5.78. The van der Waals surface area contributed by atoms with Crippen molar-refractivity contribution in [3.05, 3.63) is 24.3 Å². The molecule has 0 spiro atoms. The molecule has 16 heavy (non-hydrogen) atoms. The molecule has 3 heteroatoms. The summed E-state index contributed by atoms with van der Waals surface area (Å²) < 4.78 is 5.78. The van der Waals surface area contributed by atoms with Crippen LogP contribution in [-0.2, 0) is 0 Å². The van der Waals surface area contributed by atoms with Crippen molar-refractivity contribution in [2.24, 2.45) is 0 Å². The first-order valence-electron chi connectivity index (χ1n) is 5.92. The van der Waals surface area contributed by atoms with Crippen molar-refractivity contribution in [2.75, 3.05) is 6.61 Å². The lowest BCUT2D eigenvalue weighted by molar-refractivity contribution is 0.317. The third-order valence-corrected chi connectivity index (χ3v) is 5.32. The Morgan fingerprint density at radius 3 is 2.50 bits per heavy atom. The molecule has 0 saturated carbocycles. The number of hydrogen-bond donors (Lipinski definition) is 0. The molecule has 0 N–H and O–H groups in total. The molecule has 1 aromatic carbocycles. The lowest BCUT2D eigenvalue weighted by Crippen LogP contribution is -2.22. The normalized spacial score (nSPS) is 11.1. The molecule has 1 rings (SSSR count). The number of rotatable bonds is 6. The van der Waals surface area contributed by atoms with Crippen LogP contribution in [0.5, 0.6) is 5.75 Å². The molecule has 0 aliphatic heterocycles. The molecule has 2 radical (unpaired) electrons. The molecular formula is C13H22OSi2. The average molecular weight is 250 g/mol. The van der Waals surface area contributed by atoms with Crippen LogP contribution < -0.4 is 9.92 Å². The van der Waals surface area contributed by atoms with Gasteiger partial charge in [0.15, 0.2) is 0 Å². The van der Waals surface area contributed by atoms with Gasteiger partial charge in [0.05, 0.1) is 15.4 Å². The Kier molecular flexibility index (Phi) is 5.84. The van der Waals surface area contributed by atoms with Crippen molar-refractivity contribution in [3.63, 3.8) is 0 Å². The van der Waals surface area contributed by atoms with Gasteiger partial charge in [-0.1, -0.05) is 49.6 Å². The van der Waals surface area contributed by atoms with Crippen molar-refractivity contribution in [1.29, 1.82) is 0 Å². The highest BCUT2D eigenvalue weighted by atomic mass is 28.3. The summed E-state index contributed by atoms with van der Waals surface area (Å²) in [6.07, 6.45) is 1.20. The van der Waals surface area contributed by atoms with Gasteiger partial charge in [-0.2, -0.15) is 0 Å². The maximum atomic E-state index is 5.78. The molecule has 0 amide bonds. The van der Waals surface area contributed by atoms with Crippen LogP contribution in [0.1, 0.15) is 6.42 Å². The Morgan fingerprint density at radius 2 is 1.88 bits per heavy atom. The van der Waals surface area contributed by atoms with E-state index >= 15 is 0 Å². The van der Waals surface area contributed by atoms with E-state index in [-0.39, 0.29) is 17.6 Å². The topological polar surface area (TPSA) is 9.23 Å². The minimum atomic E-state index is -0.352. The van der Waals surface area contributed by atoms with E-state index < -0.39 is 0 Å². The zero-order valence-corrected chi connectivity index (χ0v) is 12.8. The van der Waals surface area contributed by atoms with Crippen LogP contribution in [-0.4, -0.2) is 24.2 Å². The summed E-state index contributed by atoms with van der Waals surface area (Å²) in [6.45, 7) is 10.2. The third kappa shape index (κ3) is 4.99. The van der Waals surface area contributed by atoms with Crippen molar-refractivity contribution in [3.8, 4) is 5.75 Å². The third-order valence-electron chi connectivity index (χ3n) is 2.50. The fourth-order valence-electron chi connectivity index (χ4n) is 1.51. The van der Waals surface area contributed by atoms with Gasteiger partial charge in [0.1, 0.15) is 5.75 Å². The summed E-state index contributed by atoms with van der Waals surface area (Å²) >= 11 is 0. The van der Waals surface area contributed by atoms with Crippen molar-refractivity contribution in [1.82, 2.24) is 0 Å². The molecule has 88 valence electrons. The van der Waals surface area contributed by atoms with Crippen molar-refractivity contribution in [2.45, 2.75) is 38.7 Å². The van der Waals surface area contributed by atoms with E-state index in [1.165, 1.54) is 17.7 Å². The Hall–Kier alpha value is -0.546. The molecule has 0 atom stereocenters. The first-order chi connectivity index (χ1) is 7.59. The quantitative estimate of drug-likeness (QED) is 0.557. The van der Waals surface area contributed by atoms with Crippen LogP contribution >= 0.6 is 0 Å². The van der Waals surface area contributed by atoms with E-state index in [9.17, 15) is 0 Å². The van der Waals surface area contributed by atoms with Gasteiger partial charge in [0, 0.05) is 8.80 Å². The highest BCUT2D eigenvalue weighted by Crippen LogP contribution is 2.09. The van der Waals surface area contributed by atoms with E-state index in [0.717, 1.165) is 12.4 Å². The summed E-state index contributed by atoms with van der Waals surface area (Å²) in [6, 6.07) is 9.94. The minimum Gasteiger partial charge on any atom is -0.494 e. The second-order valence-electron chi connectivity index (χ2n) is 4.69. The monoisotopic (exact) mass is 250 g/mol. The molecule has 0 aromatic heterocycles. The predicted octanol–water partition coefficient (Wildman–Crippen LogP) is 3.17. The van der Waals surface area contributed by atoms with E-state index in [1.54, 1.807) is 0 Å². The smallest absolute Gasteiger partial charge is 0.119 e. The van der Waals surface area contributed by atoms with E-state index in [2.05, 4.69) is 50.5 Å². The van der Waals surface area contributed by atoms with Gasteiger partial charge in [-0.05, 0) is 18.6 Å². The molecule has 1 nitrogen and oxygen atoms in total. The lowest BCUT2D eigenvalue weighted by Gasteiger charge is -2.09. The maximum Gasteiger partial charge on any atom is 0.119 e.